The minimum absolute atomic E-state index is 0.240. The summed E-state index contributed by atoms with van der Waals surface area (Å²) in [6.07, 6.45) is -5.69. The van der Waals surface area contributed by atoms with Crippen molar-refractivity contribution < 1.29 is 45.1 Å². The van der Waals surface area contributed by atoms with Crippen molar-refractivity contribution in [2.45, 2.75) is 23.2 Å². The number of halogens is 7. The zero-order chi connectivity index (χ0) is 27.3. The van der Waals surface area contributed by atoms with Crippen LogP contribution in [0.3, 0.4) is 0 Å². The zero-order valence-corrected chi connectivity index (χ0v) is 19.6. The summed E-state index contributed by atoms with van der Waals surface area (Å²) in [7, 11) is 0. The first-order chi connectivity index (χ1) is 17.4. The molecule has 1 atom stereocenters. The number of para-hydroxylation sites is 1. The summed E-state index contributed by atoms with van der Waals surface area (Å²) in [6, 6.07) is 14.7. The molecule has 0 aliphatic rings. The van der Waals surface area contributed by atoms with Crippen LogP contribution in [0.25, 0.3) is 0 Å². The first kappa shape index (κ1) is 27.8. The number of rotatable bonds is 8. The summed E-state index contributed by atoms with van der Waals surface area (Å²) in [5.41, 5.74) is -4.00. The van der Waals surface area contributed by atoms with Gasteiger partial charge in [-0.1, -0.05) is 18.2 Å². The fraction of sp³-hybridized carbons (Fsp3) is 0.167. The lowest BCUT2D eigenvalue weighted by molar-refractivity contribution is -0.143. The van der Waals surface area contributed by atoms with Crippen LogP contribution >= 0.6 is 11.8 Å². The lowest BCUT2D eigenvalue weighted by Gasteiger charge is -2.16. The first-order valence-corrected chi connectivity index (χ1v) is 11.2. The van der Waals surface area contributed by atoms with Crippen LogP contribution in [0.15, 0.2) is 59.5 Å². The van der Waals surface area contributed by atoms with E-state index in [1.54, 1.807) is 35.6 Å². The number of carbonyl (C=O) groups is 2. The van der Waals surface area contributed by atoms with E-state index in [1.807, 2.05) is 0 Å². The molecule has 0 radical (unpaired) electrons. The van der Waals surface area contributed by atoms with E-state index >= 15 is 0 Å². The number of ether oxygens (including phenoxy) is 1. The van der Waals surface area contributed by atoms with Gasteiger partial charge in [-0.2, -0.15) is 13.2 Å². The van der Waals surface area contributed by atoms with Crippen LogP contribution in [-0.2, 0) is 15.8 Å². The second-order valence-electron chi connectivity index (χ2n) is 7.43. The van der Waals surface area contributed by atoms with Crippen LogP contribution in [0.5, 0.6) is 5.75 Å². The molecule has 1 unspecified atom stereocenters. The fourth-order valence-electron chi connectivity index (χ4n) is 2.95. The highest BCUT2D eigenvalue weighted by atomic mass is 32.2. The molecule has 37 heavy (non-hydrogen) atoms. The lowest BCUT2D eigenvalue weighted by atomic mass is 10.1. The Balaban J connectivity index is 1.60. The Hall–Kier alpha value is -3.74. The van der Waals surface area contributed by atoms with Crippen molar-refractivity contribution in [3.63, 3.8) is 0 Å². The van der Waals surface area contributed by atoms with E-state index in [0.717, 1.165) is 11.8 Å². The van der Waals surface area contributed by atoms with Gasteiger partial charge in [0.1, 0.15) is 17.0 Å². The number of nitrogens with one attached hydrogen (secondary N) is 2. The molecule has 0 spiro atoms. The molecule has 2 amide bonds. The van der Waals surface area contributed by atoms with Crippen LogP contribution in [0, 0.1) is 23.3 Å². The zero-order valence-electron chi connectivity index (χ0n) is 18.8. The van der Waals surface area contributed by atoms with Gasteiger partial charge >= 0.3 is 6.18 Å². The van der Waals surface area contributed by atoms with Gasteiger partial charge in [0.15, 0.2) is 29.9 Å². The van der Waals surface area contributed by atoms with Crippen LogP contribution in [-0.4, -0.2) is 23.7 Å². The van der Waals surface area contributed by atoms with Gasteiger partial charge in [0.25, 0.3) is 5.91 Å². The maximum absolute atomic E-state index is 14.0. The van der Waals surface area contributed by atoms with E-state index in [2.05, 4.69) is 5.32 Å². The Labute approximate surface area is 210 Å². The van der Waals surface area contributed by atoms with E-state index in [1.165, 1.54) is 31.2 Å². The number of amides is 2. The molecule has 0 saturated carbocycles. The summed E-state index contributed by atoms with van der Waals surface area (Å²) in [5, 5.41) is 3.10. The predicted octanol–water partition coefficient (Wildman–Crippen LogP) is 6.40. The summed E-state index contributed by atoms with van der Waals surface area (Å²) in [5.74, 6) is -11.2. The van der Waals surface area contributed by atoms with Gasteiger partial charge in [-0.05, 0) is 43.3 Å². The second-order valence-corrected chi connectivity index (χ2v) is 8.84. The third-order valence-electron chi connectivity index (χ3n) is 4.73. The van der Waals surface area contributed by atoms with E-state index < -0.39 is 57.8 Å². The first-order valence-electron chi connectivity index (χ1n) is 10.4. The number of alkyl halides is 3. The van der Waals surface area contributed by atoms with Gasteiger partial charge in [0.05, 0.1) is 5.25 Å². The molecular weight excluding hydrogens is 529 g/mol. The van der Waals surface area contributed by atoms with E-state index in [9.17, 15) is 40.3 Å². The number of thioether (sulfide) groups is 1. The van der Waals surface area contributed by atoms with Crippen molar-refractivity contribution in [3.05, 3.63) is 83.4 Å². The third-order valence-corrected chi connectivity index (χ3v) is 5.84. The van der Waals surface area contributed by atoms with Crippen molar-refractivity contribution in [1.82, 2.24) is 0 Å². The monoisotopic (exact) mass is 546 g/mol. The van der Waals surface area contributed by atoms with Crippen molar-refractivity contribution in [2.24, 2.45) is 0 Å². The van der Waals surface area contributed by atoms with Crippen LogP contribution < -0.4 is 15.4 Å². The number of carbonyl (C=O) groups excluding carboxylic acids is 2. The molecule has 3 aromatic rings. The molecule has 5 nitrogen and oxygen atoms in total. The maximum atomic E-state index is 14.0. The Kier molecular flexibility index (Phi) is 8.69. The number of anilines is 2. The van der Waals surface area contributed by atoms with Gasteiger partial charge in [0, 0.05) is 10.6 Å². The molecule has 2 N–H and O–H groups in total. The molecule has 0 aliphatic carbocycles. The molecule has 0 saturated heterocycles. The molecule has 0 aromatic heterocycles. The molecule has 0 aliphatic heterocycles. The van der Waals surface area contributed by atoms with Gasteiger partial charge < -0.3 is 15.4 Å². The average molecular weight is 546 g/mol. The highest BCUT2D eigenvalue weighted by molar-refractivity contribution is 8.00. The van der Waals surface area contributed by atoms with Crippen LogP contribution in [0.1, 0.15) is 12.5 Å². The SMILES string of the molecule is CC(Sc1ccc(NC(=O)COc2ccccc2)cc1)C(=O)Nc1c(F)c(F)c(C(F)(F)F)c(F)c1F. The lowest BCUT2D eigenvalue weighted by Crippen LogP contribution is -2.25. The van der Waals surface area contributed by atoms with Gasteiger partial charge in [-0.3, -0.25) is 9.59 Å². The predicted molar refractivity (Wildman–Crippen MR) is 122 cm³/mol. The summed E-state index contributed by atoms with van der Waals surface area (Å²) < 4.78 is 99.1. The number of hydrogen-bond donors (Lipinski definition) is 2. The molecule has 0 fully saturated rings. The molecule has 3 rings (SSSR count). The largest absolute Gasteiger partial charge is 0.484 e. The molecule has 196 valence electrons. The third kappa shape index (κ3) is 6.94. The quantitative estimate of drug-likeness (QED) is 0.195. The van der Waals surface area contributed by atoms with E-state index in [0.29, 0.717) is 16.3 Å². The standard InChI is InChI=1S/C24H17F7N2O3S/c1-12(23(35)33-22-20(27)18(25)17(24(29,30)31)19(26)21(22)28)37-15-9-7-13(8-10-15)32-16(34)11-36-14-5-3-2-4-6-14/h2-10,12H,11H2,1H3,(H,32,34)(H,33,35). The average Bonchev–Trinajstić information content (AvgIpc) is 2.85. The van der Waals surface area contributed by atoms with Crippen LogP contribution in [0.4, 0.5) is 42.1 Å². The van der Waals surface area contributed by atoms with Crippen LogP contribution in [0.2, 0.25) is 0 Å². The number of benzene rings is 3. The Bertz CT molecular complexity index is 1260. The Morgan fingerprint density at radius 3 is 1.97 bits per heavy atom. The van der Waals surface area contributed by atoms with Gasteiger partial charge in [0.2, 0.25) is 5.91 Å². The summed E-state index contributed by atoms with van der Waals surface area (Å²) in [6.45, 7) is 1.05. The smallest absolute Gasteiger partial charge is 0.422 e. The topological polar surface area (TPSA) is 67.4 Å². The highest BCUT2D eigenvalue weighted by Crippen LogP contribution is 2.38. The van der Waals surface area contributed by atoms with Gasteiger partial charge in [-0.15, -0.1) is 11.8 Å². The Morgan fingerprint density at radius 2 is 1.43 bits per heavy atom. The van der Waals surface area contributed by atoms with Crippen molar-refractivity contribution in [1.29, 1.82) is 0 Å². The second kappa shape index (κ2) is 11.5. The molecule has 0 heterocycles. The minimum Gasteiger partial charge on any atom is -0.484 e. The maximum Gasteiger partial charge on any atom is 0.422 e. The normalized spacial score (nSPS) is 12.1. The van der Waals surface area contributed by atoms with Crippen molar-refractivity contribution in [3.8, 4) is 5.75 Å². The minimum atomic E-state index is -5.69. The highest BCUT2D eigenvalue weighted by Gasteiger charge is 2.42. The molecule has 3 aromatic carbocycles. The molecule has 0 bridgehead atoms. The van der Waals surface area contributed by atoms with Crippen molar-refractivity contribution >= 4 is 35.0 Å². The Morgan fingerprint density at radius 1 is 0.865 bits per heavy atom. The molecule has 13 heteroatoms. The van der Waals surface area contributed by atoms with E-state index in [4.69, 9.17) is 4.74 Å². The van der Waals surface area contributed by atoms with E-state index in [-0.39, 0.29) is 6.61 Å². The fourth-order valence-corrected chi connectivity index (χ4v) is 3.82. The number of hydrogen-bond acceptors (Lipinski definition) is 4. The summed E-state index contributed by atoms with van der Waals surface area (Å²) in [4.78, 5) is 24.8. The van der Waals surface area contributed by atoms with Gasteiger partial charge in [-0.25, -0.2) is 17.6 Å². The van der Waals surface area contributed by atoms with Crippen molar-refractivity contribution in [2.75, 3.05) is 17.2 Å². The molecular formula is C24H17F7N2O3S. The summed E-state index contributed by atoms with van der Waals surface area (Å²) >= 11 is 0.872.